The predicted octanol–water partition coefficient (Wildman–Crippen LogP) is 2.86. The highest BCUT2D eigenvalue weighted by atomic mass is 16.6. The molecule has 1 aliphatic heterocycles. The van der Waals surface area contributed by atoms with E-state index in [1.165, 1.54) is 29.6 Å². The van der Waals surface area contributed by atoms with Gasteiger partial charge in [-0.1, -0.05) is 24.3 Å². The number of methoxy groups -OCH3 is 1. The largest absolute Gasteiger partial charge is 0.495 e. The Morgan fingerprint density at radius 3 is 2.53 bits per heavy atom. The highest BCUT2D eigenvalue weighted by Crippen LogP contribution is 2.30. The summed E-state index contributed by atoms with van der Waals surface area (Å²) in [6, 6.07) is 14.2. The van der Waals surface area contributed by atoms with Crippen molar-refractivity contribution < 1.29 is 14.5 Å². The molecule has 0 saturated carbocycles. The Morgan fingerprint density at radius 1 is 1.09 bits per heavy atom. The van der Waals surface area contributed by atoms with Crippen molar-refractivity contribution in [3.63, 3.8) is 0 Å². The molecule has 0 aliphatic carbocycles. The van der Waals surface area contributed by atoms with Crippen LogP contribution in [0.5, 0.6) is 5.75 Å². The van der Waals surface area contributed by atoms with Gasteiger partial charge >= 0.3 is 0 Å². The first-order valence-corrected chi connectivity index (χ1v) is 11.0. The Kier molecular flexibility index (Phi) is 7.28. The van der Waals surface area contributed by atoms with E-state index in [-0.39, 0.29) is 23.6 Å². The molecular formula is C24H26N6O4. The normalized spacial score (nSPS) is 14.0. The van der Waals surface area contributed by atoms with E-state index in [0.29, 0.717) is 6.54 Å². The van der Waals surface area contributed by atoms with Gasteiger partial charge < -0.3 is 9.64 Å². The minimum absolute atomic E-state index is 0.124. The molecule has 34 heavy (non-hydrogen) atoms. The minimum atomic E-state index is -0.474. The number of nitro groups is 1. The second kappa shape index (κ2) is 10.7. The average molecular weight is 463 g/mol. The van der Waals surface area contributed by atoms with Gasteiger partial charge in [-0.05, 0) is 18.2 Å². The molecule has 1 amide bonds. The fraction of sp³-hybridized carbons (Fsp3) is 0.292. The molecule has 3 aromatic rings. The highest BCUT2D eigenvalue weighted by Gasteiger charge is 2.27. The van der Waals surface area contributed by atoms with Gasteiger partial charge in [-0.3, -0.25) is 29.7 Å². The molecule has 0 radical (unpaired) electrons. The zero-order valence-electron chi connectivity index (χ0n) is 18.9. The van der Waals surface area contributed by atoms with Gasteiger partial charge in [-0.2, -0.15) is 0 Å². The van der Waals surface area contributed by atoms with Crippen molar-refractivity contribution in [2.24, 2.45) is 0 Å². The fourth-order valence-corrected chi connectivity index (χ4v) is 4.07. The number of hydrogen-bond acceptors (Lipinski definition) is 8. The first-order chi connectivity index (χ1) is 16.6. The van der Waals surface area contributed by atoms with Crippen LogP contribution < -0.4 is 14.5 Å². The van der Waals surface area contributed by atoms with Crippen LogP contribution in [0.2, 0.25) is 0 Å². The van der Waals surface area contributed by atoms with E-state index in [0.717, 1.165) is 37.6 Å². The second-order valence-electron chi connectivity index (χ2n) is 7.79. The van der Waals surface area contributed by atoms with E-state index in [1.807, 2.05) is 24.3 Å². The number of para-hydroxylation sites is 4. The monoisotopic (exact) mass is 462 g/mol. The van der Waals surface area contributed by atoms with Gasteiger partial charge in [-0.25, -0.2) is 4.98 Å². The number of amides is 1. The van der Waals surface area contributed by atoms with Gasteiger partial charge in [0.05, 0.1) is 23.9 Å². The number of hydrogen-bond donors (Lipinski definition) is 0. The second-order valence-corrected chi connectivity index (χ2v) is 7.79. The molecule has 0 unspecified atom stereocenters. The zero-order valence-corrected chi connectivity index (χ0v) is 18.9. The van der Waals surface area contributed by atoms with Gasteiger partial charge in [0.15, 0.2) is 0 Å². The lowest BCUT2D eigenvalue weighted by molar-refractivity contribution is -0.384. The lowest BCUT2D eigenvalue weighted by atomic mass is 10.2. The maximum absolute atomic E-state index is 13.3. The summed E-state index contributed by atoms with van der Waals surface area (Å²) < 4.78 is 5.49. The van der Waals surface area contributed by atoms with Crippen molar-refractivity contribution in [1.29, 1.82) is 0 Å². The third-order valence-corrected chi connectivity index (χ3v) is 5.83. The standard InChI is InChI=1S/C24H26N6O4/c1-34-23-9-5-4-8-22(23)28-15-12-27(13-16-28)14-17-29(24(31)19-18-25-10-11-26-19)20-6-2-3-7-21(20)30(32)33/h2-11,18H,12-17H2,1H3. The summed E-state index contributed by atoms with van der Waals surface area (Å²) >= 11 is 0. The van der Waals surface area contributed by atoms with E-state index in [9.17, 15) is 14.9 Å². The molecule has 176 valence electrons. The number of nitro benzene ring substituents is 1. The molecule has 2 heterocycles. The van der Waals surface area contributed by atoms with Gasteiger partial charge in [-0.15, -0.1) is 0 Å². The third kappa shape index (κ3) is 5.12. The molecule has 0 atom stereocenters. The molecule has 0 bridgehead atoms. The van der Waals surface area contributed by atoms with Crippen molar-refractivity contribution in [3.05, 3.63) is 82.9 Å². The summed E-state index contributed by atoms with van der Waals surface area (Å²) in [4.78, 5) is 38.4. The zero-order chi connectivity index (χ0) is 23.9. The lowest BCUT2D eigenvalue weighted by Crippen LogP contribution is -2.49. The van der Waals surface area contributed by atoms with Gasteiger partial charge in [0.1, 0.15) is 17.1 Å². The summed E-state index contributed by atoms with van der Waals surface area (Å²) in [5.41, 5.74) is 1.32. The van der Waals surface area contributed by atoms with Crippen LogP contribution in [0.4, 0.5) is 17.1 Å². The van der Waals surface area contributed by atoms with Crippen LogP contribution in [-0.4, -0.2) is 72.1 Å². The Bertz CT molecular complexity index is 1140. The van der Waals surface area contributed by atoms with E-state index in [1.54, 1.807) is 25.3 Å². The third-order valence-electron chi connectivity index (χ3n) is 5.83. The summed E-state index contributed by atoms with van der Waals surface area (Å²) in [7, 11) is 1.67. The number of piperazine rings is 1. The summed E-state index contributed by atoms with van der Waals surface area (Å²) in [5.74, 6) is 0.420. The number of rotatable bonds is 8. The number of benzene rings is 2. The first kappa shape index (κ1) is 23.1. The number of carbonyl (C=O) groups is 1. The predicted molar refractivity (Wildman–Crippen MR) is 128 cm³/mol. The fourth-order valence-electron chi connectivity index (χ4n) is 4.07. The number of ether oxygens (including phenoxy) is 1. The average Bonchev–Trinajstić information content (AvgIpc) is 2.89. The van der Waals surface area contributed by atoms with E-state index in [2.05, 4.69) is 19.8 Å². The molecule has 10 nitrogen and oxygen atoms in total. The van der Waals surface area contributed by atoms with E-state index in [4.69, 9.17) is 4.74 Å². The highest BCUT2D eigenvalue weighted by molar-refractivity contribution is 6.05. The molecule has 10 heteroatoms. The molecule has 0 N–H and O–H groups in total. The molecule has 2 aromatic carbocycles. The Morgan fingerprint density at radius 2 is 1.82 bits per heavy atom. The Labute approximate surface area is 197 Å². The quantitative estimate of drug-likeness (QED) is 0.372. The van der Waals surface area contributed by atoms with Gasteiger partial charge in [0, 0.05) is 57.7 Å². The summed E-state index contributed by atoms with van der Waals surface area (Å²) in [6.07, 6.45) is 4.28. The molecule has 1 fully saturated rings. The number of anilines is 2. The van der Waals surface area contributed by atoms with Crippen LogP contribution in [0, 0.1) is 10.1 Å². The summed E-state index contributed by atoms with van der Waals surface area (Å²) in [6.45, 7) is 4.06. The van der Waals surface area contributed by atoms with Crippen molar-refractivity contribution in [1.82, 2.24) is 14.9 Å². The summed E-state index contributed by atoms with van der Waals surface area (Å²) in [5, 5.41) is 11.6. The number of carbonyl (C=O) groups excluding carboxylic acids is 1. The van der Waals surface area contributed by atoms with Crippen LogP contribution in [0.1, 0.15) is 10.5 Å². The van der Waals surface area contributed by atoms with E-state index < -0.39 is 10.8 Å². The van der Waals surface area contributed by atoms with E-state index >= 15 is 0 Å². The molecule has 1 saturated heterocycles. The maximum atomic E-state index is 13.3. The molecule has 1 aliphatic rings. The van der Waals surface area contributed by atoms with Crippen LogP contribution in [0.15, 0.2) is 67.1 Å². The maximum Gasteiger partial charge on any atom is 0.292 e. The SMILES string of the molecule is COc1ccccc1N1CCN(CCN(C(=O)c2cnccn2)c2ccccc2[N+](=O)[O-])CC1. The smallest absolute Gasteiger partial charge is 0.292 e. The lowest BCUT2D eigenvalue weighted by Gasteiger charge is -2.37. The molecule has 4 rings (SSSR count). The van der Waals surface area contributed by atoms with Crippen LogP contribution >= 0.6 is 0 Å². The number of nitrogens with zero attached hydrogens (tertiary/aromatic N) is 6. The van der Waals surface area contributed by atoms with Gasteiger partial charge in [0.2, 0.25) is 0 Å². The molecule has 1 aromatic heterocycles. The van der Waals surface area contributed by atoms with Gasteiger partial charge in [0.25, 0.3) is 11.6 Å². The Balaban J connectivity index is 1.48. The minimum Gasteiger partial charge on any atom is -0.495 e. The molecule has 0 spiro atoms. The van der Waals surface area contributed by atoms with Crippen molar-refractivity contribution in [3.8, 4) is 5.75 Å². The van der Waals surface area contributed by atoms with Crippen LogP contribution in [-0.2, 0) is 0 Å². The molecular weight excluding hydrogens is 436 g/mol. The Hall–Kier alpha value is -4.05. The van der Waals surface area contributed by atoms with Crippen molar-refractivity contribution in [2.45, 2.75) is 0 Å². The number of aromatic nitrogens is 2. The van der Waals surface area contributed by atoms with Crippen molar-refractivity contribution in [2.75, 3.05) is 56.2 Å². The van der Waals surface area contributed by atoms with Crippen molar-refractivity contribution >= 4 is 23.0 Å². The topological polar surface area (TPSA) is 105 Å². The van der Waals surface area contributed by atoms with Crippen LogP contribution in [0.25, 0.3) is 0 Å². The first-order valence-electron chi connectivity index (χ1n) is 11.0. The van der Waals surface area contributed by atoms with Crippen LogP contribution in [0.3, 0.4) is 0 Å².